The van der Waals surface area contributed by atoms with Gasteiger partial charge >= 0.3 is 5.97 Å². The monoisotopic (exact) mass is 295 g/mol. The van der Waals surface area contributed by atoms with E-state index in [1.165, 1.54) is 6.07 Å². The highest BCUT2D eigenvalue weighted by atomic mass is 35.5. The minimum atomic E-state index is -1.00. The molecule has 108 valence electrons. The first-order valence-corrected chi connectivity index (χ1v) is 7.23. The fraction of sp³-hybridized carbons (Fsp3) is 0.500. The van der Waals surface area contributed by atoms with Crippen LogP contribution in [0.5, 0.6) is 0 Å². The minimum absolute atomic E-state index is 0.148. The highest BCUT2D eigenvalue weighted by Crippen LogP contribution is 2.27. The molecule has 0 aromatic carbocycles. The first-order valence-electron chi connectivity index (χ1n) is 6.85. The summed E-state index contributed by atoms with van der Waals surface area (Å²) in [6.07, 6.45) is 5.65. The van der Waals surface area contributed by atoms with Crippen LogP contribution in [-0.2, 0) is 0 Å². The Morgan fingerprint density at radius 2 is 2.00 bits per heavy atom. The molecule has 2 heterocycles. The minimum Gasteiger partial charge on any atom is -0.478 e. The highest BCUT2D eigenvalue weighted by Gasteiger charge is 2.19. The molecule has 0 bridgehead atoms. The van der Waals surface area contributed by atoms with Gasteiger partial charge in [-0.3, -0.25) is 4.40 Å². The second-order valence-corrected chi connectivity index (χ2v) is 5.32. The third-order valence-corrected chi connectivity index (χ3v) is 3.65. The number of fused-ring (bicyclic) bond motifs is 1. The molecule has 0 spiro atoms. The molecule has 0 saturated heterocycles. The zero-order valence-electron chi connectivity index (χ0n) is 11.6. The third-order valence-electron chi connectivity index (χ3n) is 3.37. The molecular formula is C14H18ClN3O2. The Kier molecular flexibility index (Phi) is 4.60. The van der Waals surface area contributed by atoms with Crippen molar-refractivity contribution in [3.63, 3.8) is 0 Å². The molecule has 6 heteroatoms. The number of carboxylic acids is 1. The summed E-state index contributed by atoms with van der Waals surface area (Å²) >= 11 is 6.09. The van der Waals surface area contributed by atoms with Gasteiger partial charge in [0.1, 0.15) is 5.82 Å². The quantitative estimate of drug-likeness (QED) is 0.881. The number of carbonyl (C=O) groups is 1. The van der Waals surface area contributed by atoms with Crippen LogP contribution in [0.1, 0.15) is 61.6 Å². The number of halogens is 1. The Hall–Kier alpha value is -1.62. The fourth-order valence-corrected chi connectivity index (χ4v) is 2.71. The molecule has 0 aliphatic rings. The van der Waals surface area contributed by atoms with Gasteiger partial charge in [0.2, 0.25) is 0 Å². The number of hydrogen-bond acceptors (Lipinski definition) is 3. The van der Waals surface area contributed by atoms with Crippen molar-refractivity contribution in [1.82, 2.24) is 14.6 Å². The van der Waals surface area contributed by atoms with E-state index in [0.29, 0.717) is 10.7 Å². The first kappa shape index (κ1) is 14.8. The maximum atomic E-state index is 11.1. The van der Waals surface area contributed by atoms with Gasteiger partial charge in [0.15, 0.2) is 5.65 Å². The van der Waals surface area contributed by atoms with Crippen molar-refractivity contribution in [2.24, 2.45) is 0 Å². The number of aromatic nitrogens is 3. The lowest BCUT2D eigenvalue weighted by atomic mass is 9.97. The van der Waals surface area contributed by atoms with E-state index in [4.69, 9.17) is 16.7 Å². The number of hydrogen-bond donors (Lipinski definition) is 1. The Balaban J connectivity index is 2.55. The molecule has 1 N–H and O–H groups in total. The second kappa shape index (κ2) is 6.22. The van der Waals surface area contributed by atoms with E-state index in [9.17, 15) is 4.79 Å². The van der Waals surface area contributed by atoms with Crippen LogP contribution < -0.4 is 0 Å². The third kappa shape index (κ3) is 2.77. The Bertz CT molecular complexity index is 618. The molecule has 5 nitrogen and oxygen atoms in total. The summed E-state index contributed by atoms with van der Waals surface area (Å²) in [5.41, 5.74) is 0.666. The summed E-state index contributed by atoms with van der Waals surface area (Å²) in [7, 11) is 0. The van der Waals surface area contributed by atoms with Crippen LogP contribution in [0, 0.1) is 0 Å². The second-order valence-electron chi connectivity index (χ2n) is 4.91. The van der Waals surface area contributed by atoms with Crippen molar-refractivity contribution in [2.45, 2.75) is 45.4 Å². The molecule has 0 saturated carbocycles. The molecule has 0 atom stereocenters. The first-order chi connectivity index (χ1) is 9.58. The highest BCUT2D eigenvalue weighted by molar-refractivity contribution is 6.33. The van der Waals surface area contributed by atoms with E-state index in [-0.39, 0.29) is 11.5 Å². The van der Waals surface area contributed by atoms with Crippen LogP contribution in [-0.4, -0.2) is 25.7 Å². The summed E-state index contributed by atoms with van der Waals surface area (Å²) in [6.45, 7) is 4.25. The topological polar surface area (TPSA) is 67.5 Å². The largest absolute Gasteiger partial charge is 0.478 e. The molecule has 2 aromatic heterocycles. The molecular weight excluding hydrogens is 278 g/mol. The van der Waals surface area contributed by atoms with Crippen molar-refractivity contribution in [1.29, 1.82) is 0 Å². The lowest BCUT2D eigenvalue weighted by molar-refractivity contribution is 0.0696. The number of pyridine rings is 1. The molecule has 0 amide bonds. The number of aromatic carboxylic acids is 1. The summed E-state index contributed by atoms with van der Waals surface area (Å²) in [5, 5.41) is 17.8. The lowest BCUT2D eigenvalue weighted by Crippen LogP contribution is -2.06. The Labute approximate surface area is 122 Å². The van der Waals surface area contributed by atoms with Gasteiger partial charge < -0.3 is 5.11 Å². The van der Waals surface area contributed by atoms with Gasteiger partial charge in [0, 0.05) is 12.1 Å². The van der Waals surface area contributed by atoms with Crippen molar-refractivity contribution in [3.8, 4) is 0 Å². The summed E-state index contributed by atoms with van der Waals surface area (Å²) in [6, 6.07) is 1.41. The summed E-state index contributed by atoms with van der Waals surface area (Å²) in [4.78, 5) is 11.1. The van der Waals surface area contributed by atoms with E-state index < -0.39 is 5.97 Å². The average Bonchev–Trinajstić information content (AvgIpc) is 2.82. The van der Waals surface area contributed by atoms with Gasteiger partial charge in [-0.15, -0.1) is 10.2 Å². The maximum absolute atomic E-state index is 11.1. The average molecular weight is 296 g/mol. The van der Waals surface area contributed by atoms with Crippen LogP contribution in [0.4, 0.5) is 0 Å². The maximum Gasteiger partial charge on any atom is 0.337 e. The van der Waals surface area contributed by atoms with E-state index in [0.717, 1.165) is 31.5 Å². The summed E-state index contributed by atoms with van der Waals surface area (Å²) < 4.78 is 1.72. The Morgan fingerprint density at radius 3 is 2.55 bits per heavy atom. The molecule has 0 fully saturated rings. The molecule has 20 heavy (non-hydrogen) atoms. The van der Waals surface area contributed by atoms with E-state index in [1.54, 1.807) is 10.6 Å². The van der Waals surface area contributed by atoms with Gasteiger partial charge in [-0.2, -0.15) is 0 Å². The number of rotatable bonds is 6. The van der Waals surface area contributed by atoms with Gasteiger partial charge in [-0.1, -0.05) is 38.3 Å². The van der Waals surface area contributed by atoms with Crippen molar-refractivity contribution < 1.29 is 9.90 Å². The van der Waals surface area contributed by atoms with E-state index in [1.807, 2.05) is 0 Å². The predicted octanol–water partition coefficient (Wildman–Crippen LogP) is 3.76. The molecule has 0 aliphatic heterocycles. The van der Waals surface area contributed by atoms with Crippen LogP contribution >= 0.6 is 11.6 Å². The van der Waals surface area contributed by atoms with E-state index >= 15 is 0 Å². The van der Waals surface area contributed by atoms with Gasteiger partial charge in [0.25, 0.3) is 0 Å². The molecule has 0 radical (unpaired) electrons. The van der Waals surface area contributed by atoms with Crippen LogP contribution in [0.2, 0.25) is 5.02 Å². The van der Waals surface area contributed by atoms with Gasteiger partial charge in [-0.05, 0) is 18.9 Å². The van der Waals surface area contributed by atoms with Crippen molar-refractivity contribution in [3.05, 3.63) is 28.7 Å². The molecule has 2 rings (SSSR count). The number of carboxylic acid groups (broad SMARTS) is 1. The van der Waals surface area contributed by atoms with Crippen LogP contribution in [0.3, 0.4) is 0 Å². The van der Waals surface area contributed by atoms with Crippen LogP contribution in [0.15, 0.2) is 12.3 Å². The standard InChI is InChI=1S/C14H18ClN3O2/c1-3-5-9(6-4-2)12-16-17-13-11(15)7-10(14(19)20)8-18(12)13/h7-9H,3-6H2,1-2H3,(H,19,20). The van der Waals surface area contributed by atoms with Gasteiger partial charge in [-0.25, -0.2) is 4.79 Å². The summed E-state index contributed by atoms with van der Waals surface area (Å²) in [5.74, 6) is 0.0739. The zero-order valence-corrected chi connectivity index (χ0v) is 12.4. The van der Waals surface area contributed by atoms with Gasteiger partial charge in [0.05, 0.1) is 10.6 Å². The molecule has 0 unspecified atom stereocenters. The lowest BCUT2D eigenvalue weighted by Gasteiger charge is -2.13. The Morgan fingerprint density at radius 1 is 1.35 bits per heavy atom. The molecule has 0 aliphatic carbocycles. The SMILES string of the molecule is CCCC(CCC)c1nnc2c(Cl)cc(C(=O)O)cn12. The fourth-order valence-electron chi connectivity index (χ4n) is 2.47. The molecule has 2 aromatic rings. The van der Waals surface area contributed by atoms with Crippen molar-refractivity contribution in [2.75, 3.05) is 0 Å². The normalized spacial score (nSPS) is 11.4. The predicted molar refractivity (Wildman–Crippen MR) is 77.5 cm³/mol. The van der Waals surface area contributed by atoms with Crippen LogP contribution in [0.25, 0.3) is 5.65 Å². The zero-order chi connectivity index (χ0) is 14.7. The smallest absolute Gasteiger partial charge is 0.337 e. The van der Waals surface area contributed by atoms with Crippen molar-refractivity contribution >= 4 is 23.2 Å². The number of nitrogens with zero attached hydrogens (tertiary/aromatic N) is 3. The van der Waals surface area contributed by atoms with E-state index in [2.05, 4.69) is 24.0 Å².